The van der Waals surface area contributed by atoms with E-state index in [0.29, 0.717) is 12.8 Å². The van der Waals surface area contributed by atoms with Crippen LogP contribution in [0.5, 0.6) is 0 Å². The molecule has 1 saturated carbocycles. The van der Waals surface area contributed by atoms with Crippen molar-refractivity contribution in [1.29, 1.82) is 0 Å². The third kappa shape index (κ3) is 2.36. The van der Waals surface area contributed by atoms with Gasteiger partial charge < -0.3 is 5.73 Å². The lowest BCUT2D eigenvalue weighted by Crippen LogP contribution is -2.41. The summed E-state index contributed by atoms with van der Waals surface area (Å²) in [4.78, 5) is 0. The summed E-state index contributed by atoms with van der Waals surface area (Å²) in [5.74, 6) is -0.853. The largest absolute Gasteiger partial charge is 0.416 e. The number of hydrogen-bond acceptors (Lipinski definition) is 1. The van der Waals surface area contributed by atoms with Gasteiger partial charge in [0.1, 0.15) is 5.82 Å². The van der Waals surface area contributed by atoms with Crippen LogP contribution in [0.2, 0.25) is 0 Å². The molecule has 1 nitrogen and oxygen atoms in total. The Morgan fingerprint density at radius 2 is 1.67 bits per heavy atom. The van der Waals surface area contributed by atoms with Crippen molar-refractivity contribution < 1.29 is 17.6 Å². The van der Waals surface area contributed by atoms with Crippen LogP contribution in [-0.4, -0.2) is 0 Å². The van der Waals surface area contributed by atoms with E-state index in [1.54, 1.807) is 0 Å². The smallest absolute Gasteiger partial charge is 0.321 e. The molecule has 1 aliphatic carbocycles. The topological polar surface area (TPSA) is 26.0 Å². The molecule has 0 spiro atoms. The van der Waals surface area contributed by atoms with Crippen LogP contribution in [0, 0.1) is 5.82 Å². The van der Waals surface area contributed by atoms with Gasteiger partial charge in [-0.2, -0.15) is 13.2 Å². The van der Waals surface area contributed by atoms with E-state index >= 15 is 0 Å². The van der Waals surface area contributed by atoms with Crippen LogP contribution < -0.4 is 5.73 Å². The third-order valence-corrected chi connectivity index (χ3v) is 3.56. The molecule has 5 heteroatoms. The summed E-state index contributed by atoms with van der Waals surface area (Å²) in [6.07, 6.45) is -1.35. The molecule has 0 saturated heterocycles. The molecule has 0 atom stereocenters. The molecule has 1 aromatic carbocycles. The lowest BCUT2D eigenvalue weighted by atomic mass is 9.75. The summed E-state index contributed by atoms with van der Waals surface area (Å²) in [5.41, 5.74) is 3.55. The number of alkyl halides is 3. The average Bonchev–Trinajstić information content (AvgIpc) is 2.28. The minimum atomic E-state index is -4.57. The van der Waals surface area contributed by atoms with E-state index in [0.717, 1.165) is 37.5 Å². The monoisotopic (exact) mass is 261 g/mol. The van der Waals surface area contributed by atoms with Gasteiger partial charge in [-0.25, -0.2) is 4.39 Å². The molecule has 1 fully saturated rings. The molecule has 0 aliphatic heterocycles. The molecule has 0 radical (unpaired) electrons. The fourth-order valence-corrected chi connectivity index (χ4v) is 2.70. The fraction of sp³-hybridized carbons (Fsp3) is 0.538. The summed E-state index contributed by atoms with van der Waals surface area (Å²) in [6.45, 7) is 0. The van der Waals surface area contributed by atoms with E-state index in [4.69, 9.17) is 5.73 Å². The standard InChI is InChI=1S/C13H15F4N/c14-10-6-4-5-9(13(15,16)17)11(10)12(18)7-2-1-3-8-12/h4-6H,1-3,7-8,18H2. The molecule has 0 amide bonds. The van der Waals surface area contributed by atoms with E-state index in [1.807, 2.05) is 0 Å². The van der Waals surface area contributed by atoms with Gasteiger partial charge in [0, 0.05) is 11.1 Å². The zero-order chi connectivity index (χ0) is 13.4. The minimum Gasteiger partial charge on any atom is -0.321 e. The normalized spacial score (nSPS) is 19.8. The zero-order valence-corrected chi connectivity index (χ0v) is 9.86. The Labute approximate surface area is 103 Å². The summed E-state index contributed by atoms with van der Waals surface area (Å²) in [5, 5.41) is 0. The highest BCUT2D eigenvalue weighted by Gasteiger charge is 2.42. The Balaban J connectivity index is 2.55. The summed E-state index contributed by atoms with van der Waals surface area (Å²) >= 11 is 0. The van der Waals surface area contributed by atoms with Gasteiger partial charge in [-0.15, -0.1) is 0 Å². The van der Waals surface area contributed by atoms with E-state index in [2.05, 4.69) is 0 Å². The highest BCUT2D eigenvalue weighted by atomic mass is 19.4. The van der Waals surface area contributed by atoms with Crippen LogP contribution in [0.15, 0.2) is 18.2 Å². The third-order valence-electron chi connectivity index (χ3n) is 3.56. The Kier molecular flexibility index (Phi) is 3.36. The lowest BCUT2D eigenvalue weighted by Gasteiger charge is -2.35. The molecule has 18 heavy (non-hydrogen) atoms. The van der Waals surface area contributed by atoms with Crippen molar-refractivity contribution in [1.82, 2.24) is 0 Å². The van der Waals surface area contributed by atoms with Gasteiger partial charge in [0.05, 0.1) is 5.56 Å². The van der Waals surface area contributed by atoms with Crippen LogP contribution >= 0.6 is 0 Å². The molecule has 1 aliphatic rings. The SMILES string of the molecule is NC1(c2c(F)cccc2C(F)(F)F)CCCCC1. The van der Waals surface area contributed by atoms with Gasteiger partial charge in [0.15, 0.2) is 0 Å². The molecule has 100 valence electrons. The number of hydrogen-bond donors (Lipinski definition) is 1. The van der Waals surface area contributed by atoms with E-state index in [9.17, 15) is 17.6 Å². The van der Waals surface area contributed by atoms with Crippen LogP contribution in [0.1, 0.15) is 43.2 Å². The Hall–Kier alpha value is -1.10. The van der Waals surface area contributed by atoms with Crippen molar-refractivity contribution in [2.75, 3.05) is 0 Å². The first-order valence-electron chi connectivity index (χ1n) is 6.00. The molecule has 1 aromatic rings. The highest BCUT2D eigenvalue weighted by molar-refractivity contribution is 5.37. The van der Waals surface area contributed by atoms with E-state index < -0.39 is 23.1 Å². The summed E-state index contributed by atoms with van der Waals surface area (Å²) < 4.78 is 52.6. The first-order chi connectivity index (χ1) is 8.34. The molecule has 0 heterocycles. The number of rotatable bonds is 1. The van der Waals surface area contributed by atoms with Crippen molar-refractivity contribution in [3.63, 3.8) is 0 Å². The molecule has 2 rings (SSSR count). The average molecular weight is 261 g/mol. The fourth-order valence-electron chi connectivity index (χ4n) is 2.70. The van der Waals surface area contributed by atoms with Crippen LogP contribution in [0.25, 0.3) is 0 Å². The molecular weight excluding hydrogens is 246 g/mol. The van der Waals surface area contributed by atoms with Crippen molar-refractivity contribution in [2.45, 2.75) is 43.8 Å². The van der Waals surface area contributed by atoms with Crippen molar-refractivity contribution in [2.24, 2.45) is 5.73 Å². The number of nitrogens with two attached hydrogens (primary N) is 1. The maximum absolute atomic E-state index is 13.8. The Morgan fingerprint density at radius 1 is 1.06 bits per heavy atom. The van der Waals surface area contributed by atoms with Gasteiger partial charge in [-0.05, 0) is 25.0 Å². The number of benzene rings is 1. The predicted molar refractivity (Wildman–Crippen MR) is 60.4 cm³/mol. The second-order valence-electron chi connectivity index (χ2n) is 4.88. The molecule has 2 N–H and O–H groups in total. The van der Waals surface area contributed by atoms with Gasteiger partial charge in [-0.3, -0.25) is 0 Å². The summed E-state index contributed by atoms with van der Waals surface area (Å²) in [6, 6.07) is 3.03. The van der Waals surface area contributed by atoms with E-state index in [1.165, 1.54) is 0 Å². The van der Waals surface area contributed by atoms with E-state index in [-0.39, 0.29) is 5.56 Å². The van der Waals surface area contributed by atoms with Gasteiger partial charge in [0.25, 0.3) is 0 Å². The van der Waals surface area contributed by atoms with Gasteiger partial charge in [0.2, 0.25) is 0 Å². The molecule has 0 unspecified atom stereocenters. The number of halogens is 4. The summed E-state index contributed by atoms with van der Waals surface area (Å²) in [7, 11) is 0. The minimum absolute atomic E-state index is 0.364. The molecular formula is C13H15F4N. The van der Waals surface area contributed by atoms with Crippen molar-refractivity contribution in [3.05, 3.63) is 35.1 Å². The predicted octanol–water partition coefficient (Wildman–Crippen LogP) is 3.96. The zero-order valence-electron chi connectivity index (χ0n) is 9.86. The van der Waals surface area contributed by atoms with Crippen LogP contribution in [0.4, 0.5) is 17.6 Å². The maximum Gasteiger partial charge on any atom is 0.416 e. The molecule has 0 bridgehead atoms. The van der Waals surface area contributed by atoms with Crippen molar-refractivity contribution >= 4 is 0 Å². The van der Waals surface area contributed by atoms with Crippen LogP contribution in [-0.2, 0) is 11.7 Å². The van der Waals surface area contributed by atoms with Crippen molar-refractivity contribution in [3.8, 4) is 0 Å². The van der Waals surface area contributed by atoms with Gasteiger partial charge >= 0.3 is 6.18 Å². The Morgan fingerprint density at radius 3 is 2.22 bits per heavy atom. The quantitative estimate of drug-likeness (QED) is 0.761. The second-order valence-corrected chi connectivity index (χ2v) is 4.88. The maximum atomic E-state index is 13.8. The Bertz CT molecular complexity index is 433. The highest BCUT2D eigenvalue weighted by Crippen LogP contribution is 2.42. The first kappa shape index (κ1) is 13.3. The second kappa shape index (κ2) is 4.53. The van der Waals surface area contributed by atoms with Crippen LogP contribution in [0.3, 0.4) is 0 Å². The first-order valence-corrected chi connectivity index (χ1v) is 6.00. The van der Waals surface area contributed by atoms with Gasteiger partial charge in [-0.1, -0.05) is 25.3 Å². The lowest BCUT2D eigenvalue weighted by molar-refractivity contribution is -0.139. The molecule has 0 aromatic heterocycles.